The smallest absolute Gasteiger partial charge is 0.243 e. The topological polar surface area (TPSA) is 79.5 Å². The molecule has 0 aliphatic carbocycles. The molecule has 126 valence electrons. The van der Waals surface area contributed by atoms with Crippen LogP contribution in [-0.4, -0.2) is 48.8 Å². The number of benzene rings is 1. The maximum Gasteiger partial charge on any atom is 0.243 e. The predicted octanol–water partition coefficient (Wildman–Crippen LogP) is 1.65. The van der Waals surface area contributed by atoms with Crippen molar-refractivity contribution < 1.29 is 8.42 Å². The fourth-order valence-corrected chi connectivity index (χ4v) is 4.66. The van der Waals surface area contributed by atoms with Crippen LogP contribution in [0.15, 0.2) is 41.4 Å². The van der Waals surface area contributed by atoms with E-state index in [2.05, 4.69) is 9.88 Å². The van der Waals surface area contributed by atoms with Gasteiger partial charge in [0, 0.05) is 43.8 Å². The van der Waals surface area contributed by atoms with Gasteiger partial charge in [-0.25, -0.2) is 13.4 Å². The zero-order valence-electron chi connectivity index (χ0n) is 12.5. The van der Waals surface area contributed by atoms with E-state index in [1.165, 1.54) is 11.3 Å². The van der Waals surface area contributed by atoms with Gasteiger partial charge in [-0.2, -0.15) is 4.31 Å². The monoisotopic (exact) mass is 374 g/mol. The zero-order chi connectivity index (χ0) is 15.6. The van der Waals surface area contributed by atoms with E-state index in [1.54, 1.807) is 34.8 Å². The summed E-state index contributed by atoms with van der Waals surface area (Å²) in [5.74, 6) is 0. The van der Waals surface area contributed by atoms with Gasteiger partial charge >= 0.3 is 0 Å². The molecule has 0 bridgehead atoms. The van der Waals surface area contributed by atoms with Gasteiger partial charge in [-0.15, -0.1) is 23.7 Å². The van der Waals surface area contributed by atoms with Crippen molar-refractivity contribution in [1.82, 2.24) is 14.2 Å². The number of piperazine rings is 1. The molecule has 1 fully saturated rings. The number of thiazole rings is 1. The Labute approximate surface area is 146 Å². The second-order valence-corrected chi connectivity index (χ2v) is 8.24. The van der Waals surface area contributed by atoms with Crippen molar-refractivity contribution in [3.8, 4) is 0 Å². The minimum Gasteiger partial charge on any atom is -0.375 e. The Bertz CT molecular complexity index is 728. The molecule has 0 saturated carbocycles. The van der Waals surface area contributed by atoms with Crippen molar-refractivity contribution in [3.05, 3.63) is 41.4 Å². The van der Waals surface area contributed by atoms with Gasteiger partial charge in [0.05, 0.1) is 4.90 Å². The van der Waals surface area contributed by atoms with Crippen LogP contribution in [-0.2, 0) is 16.6 Å². The molecule has 3 rings (SSSR count). The van der Waals surface area contributed by atoms with Gasteiger partial charge < -0.3 is 5.73 Å². The highest BCUT2D eigenvalue weighted by Crippen LogP contribution is 2.20. The molecule has 2 aromatic rings. The van der Waals surface area contributed by atoms with Crippen LogP contribution in [0.3, 0.4) is 0 Å². The normalized spacial score (nSPS) is 16.9. The number of hydrogen-bond donors (Lipinski definition) is 1. The van der Waals surface area contributed by atoms with E-state index in [1.807, 2.05) is 6.07 Å². The standard InChI is InChI=1S/C14H18N4O2S2.ClH/c15-14-16-10-12(21-14)11-17-6-8-18(9-7-17)22(19,20)13-4-2-1-3-5-13;/h1-5,10H,6-9,11H2,(H2,15,16);1H. The van der Waals surface area contributed by atoms with Crippen molar-refractivity contribution in [1.29, 1.82) is 0 Å². The van der Waals surface area contributed by atoms with Gasteiger partial charge in [-0.1, -0.05) is 18.2 Å². The fourth-order valence-electron chi connectivity index (χ4n) is 2.49. The Kier molecular flexibility index (Phi) is 5.99. The molecule has 1 saturated heterocycles. The molecule has 0 spiro atoms. The number of anilines is 1. The van der Waals surface area contributed by atoms with E-state index in [4.69, 9.17) is 5.73 Å². The highest BCUT2D eigenvalue weighted by molar-refractivity contribution is 7.89. The number of halogens is 1. The number of nitrogens with two attached hydrogens (primary N) is 1. The summed E-state index contributed by atoms with van der Waals surface area (Å²) < 4.78 is 26.6. The molecule has 0 unspecified atom stereocenters. The van der Waals surface area contributed by atoms with Crippen molar-refractivity contribution >= 4 is 38.9 Å². The fraction of sp³-hybridized carbons (Fsp3) is 0.357. The van der Waals surface area contributed by atoms with Gasteiger partial charge in [0.2, 0.25) is 10.0 Å². The Balaban J connectivity index is 0.00000192. The Morgan fingerprint density at radius 2 is 1.78 bits per heavy atom. The molecule has 1 aromatic carbocycles. The summed E-state index contributed by atoms with van der Waals surface area (Å²) in [7, 11) is -3.38. The first-order valence-electron chi connectivity index (χ1n) is 7.03. The summed E-state index contributed by atoms with van der Waals surface area (Å²) in [5.41, 5.74) is 5.63. The lowest BCUT2D eigenvalue weighted by Crippen LogP contribution is -2.48. The zero-order valence-corrected chi connectivity index (χ0v) is 14.9. The van der Waals surface area contributed by atoms with E-state index < -0.39 is 10.0 Å². The summed E-state index contributed by atoms with van der Waals surface area (Å²) in [4.78, 5) is 7.73. The molecule has 1 aliphatic rings. The first-order valence-corrected chi connectivity index (χ1v) is 9.29. The number of rotatable bonds is 4. The van der Waals surface area contributed by atoms with E-state index >= 15 is 0 Å². The molecule has 0 radical (unpaired) electrons. The van der Waals surface area contributed by atoms with Crippen LogP contribution in [0.25, 0.3) is 0 Å². The Morgan fingerprint density at radius 1 is 1.13 bits per heavy atom. The van der Waals surface area contributed by atoms with E-state index in [-0.39, 0.29) is 12.4 Å². The predicted molar refractivity (Wildman–Crippen MR) is 94.3 cm³/mol. The number of sulfonamides is 1. The minimum absolute atomic E-state index is 0. The van der Waals surface area contributed by atoms with Crippen LogP contribution in [0.1, 0.15) is 4.88 Å². The third kappa shape index (κ3) is 4.21. The first kappa shape index (κ1) is 18.2. The SMILES string of the molecule is Cl.Nc1ncc(CN2CCN(S(=O)(=O)c3ccccc3)CC2)s1. The number of nitrogens with zero attached hydrogens (tertiary/aromatic N) is 3. The number of nitrogen functional groups attached to an aromatic ring is 1. The molecule has 2 heterocycles. The van der Waals surface area contributed by atoms with Crippen LogP contribution in [0.5, 0.6) is 0 Å². The highest BCUT2D eigenvalue weighted by atomic mass is 35.5. The highest BCUT2D eigenvalue weighted by Gasteiger charge is 2.28. The second-order valence-electron chi connectivity index (χ2n) is 5.16. The van der Waals surface area contributed by atoms with Crippen molar-refractivity contribution in [2.75, 3.05) is 31.9 Å². The van der Waals surface area contributed by atoms with Gasteiger partial charge in [-0.05, 0) is 12.1 Å². The molecule has 23 heavy (non-hydrogen) atoms. The maximum absolute atomic E-state index is 12.5. The van der Waals surface area contributed by atoms with Crippen LogP contribution in [0.4, 0.5) is 5.13 Å². The van der Waals surface area contributed by atoms with Crippen molar-refractivity contribution in [3.63, 3.8) is 0 Å². The Hall–Kier alpha value is -1.19. The van der Waals surface area contributed by atoms with E-state index in [9.17, 15) is 8.42 Å². The average Bonchev–Trinajstić information content (AvgIpc) is 2.94. The lowest BCUT2D eigenvalue weighted by Gasteiger charge is -2.33. The summed E-state index contributed by atoms with van der Waals surface area (Å²) >= 11 is 1.48. The molecule has 9 heteroatoms. The maximum atomic E-state index is 12.5. The molecule has 2 N–H and O–H groups in total. The third-order valence-electron chi connectivity index (χ3n) is 3.66. The van der Waals surface area contributed by atoms with Gasteiger partial charge in [0.25, 0.3) is 0 Å². The third-order valence-corrected chi connectivity index (χ3v) is 6.39. The lowest BCUT2D eigenvalue weighted by molar-refractivity contribution is 0.183. The summed E-state index contributed by atoms with van der Waals surface area (Å²) in [6, 6.07) is 8.59. The number of hydrogen-bond acceptors (Lipinski definition) is 6. The summed E-state index contributed by atoms with van der Waals surface area (Å²) in [6.07, 6.45) is 1.78. The first-order chi connectivity index (χ1) is 10.6. The summed E-state index contributed by atoms with van der Waals surface area (Å²) in [5, 5.41) is 0.570. The average molecular weight is 375 g/mol. The summed E-state index contributed by atoms with van der Waals surface area (Å²) in [6.45, 7) is 3.21. The lowest BCUT2D eigenvalue weighted by atomic mass is 10.3. The molecule has 1 aromatic heterocycles. The Morgan fingerprint density at radius 3 is 2.35 bits per heavy atom. The van der Waals surface area contributed by atoms with Crippen molar-refractivity contribution in [2.45, 2.75) is 11.4 Å². The molecular weight excluding hydrogens is 356 g/mol. The quantitative estimate of drug-likeness (QED) is 0.880. The number of aromatic nitrogens is 1. The second kappa shape index (κ2) is 7.59. The largest absolute Gasteiger partial charge is 0.375 e. The molecule has 1 aliphatic heterocycles. The molecule has 0 atom stereocenters. The van der Waals surface area contributed by atoms with E-state index in [0.29, 0.717) is 36.2 Å². The molecular formula is C14H19ClN4O2S2. The van der Waals surface area contributed by atoms with Crippen LogP contribution in [0.2, 0.25) is 0 Å². The van der Waals surface area contributed by atoms with Gasteiger partial charge in [0.1, 0.15) is 0 Å². The van der Waals surface area contributed by atoms with Crippen LogP contribution >= 0.6 is 23.7 Å². The molecule has 0 amide bonds. The van der Waals surface area contributed by atoms with Crippen LogP contribution < -0.4 is 5.73 Å². The van der Waals surface area contributed by atoms with Gasteiger partial charge in [-0.3, -0.25) is 4.90 Å². The minimum atomic E-state index is -3.38. The van der Waals surface area contributed by atoms with Gasteiger partial charge in [0.15, 0.2) is 5.13 Å². The molecule has 6 nitrogen and oxygen atoms in total. The van der Waals surface area contributed by atoms with E-state index in [0.717, 1.165) is 11.4 Å². The van der Waals surface area contributed by atoms with Crippen LogP contribution in [0, 0.1) is 0 Å². The van der Waals surface area contributed by atoms with Crippen molar-refractivity contribution in [2.24, 2.45) is 0 Å².